The number of carbonyl (C=O) groups is 3. The van der Waals surface area contributed by atoms with Gasteiger partial charge in [-0.1, -0.05) is 18.5 Å². The van der Waals surface area contributed by atoms with Crippen LogP contribution in [0.15, 0.2) is 24.4 Å². The Morgan fingerprint density at radius 2 is 1.79 bits per heavy atom. The van der Waals surface area contributed by atoms with E-state index in [0.29, 0.717) is 49.7 Å². The normalized spacial score (nSPS) is 16.4. The van der Waals surface area contributed by atoms with Gasteiger partial charge < -0.3 is 25.4 Å². The van der Waals surface area contributed by atoms with Crippen LogP contribution in [0, 0.1) is 5.92 Å². The zero-order valence-electron chi connectivity index (χ0n) is 23.5. The molecule has 2 aromatic heterocycles. The molecule has 5 rings (SSSR count). The van der Waals surface area contributed by atoms with Crippen LogP contribution in [-0.4, -0.2) is 87.0 Å². The summed E-state index contributed by atoms with van der Waals surface area (Å²) < 4.78 is 40.1. The molecule has 11 nitrogen and oxygen atoms in total. The van der Waals surface area contributed by atoms with Crippen molar-refractivity contribution >= 4 is 35.0 Å². The van der Waals surface area contributed by atoms with Gasteiger partial charge >= 0.3 is 6.18 Å². The van der Waals surface area contributed by atoms with E-state index in [2.05, 4.69) is 30.8 Å². The van der Waals surface area contributed by atoms with E-state index in [0.717, 1.165) is 25.9 Å². The van der Waals surface area contributed by atoms with Crippen molar-refractivity contribution in [3.63, 3.8) is 0 Å². The molecule has 0 aliphatic carbocycles. The first kappa shape index (κ1) is 30.5. The molecule has 0 unspecified atom stereocenters. The zero-order valence-corrected chi connectivity index (χ0v) is 24.2. The van der Waals surface area contributed by atoms with E-state index in [1.54, 1.807) is 11.8 Å². The van der Waals surface area contributed by atoms with E-state index in [1.807, 2.05) is 4.90 Å². The maximum absolute atomic E-state index is 13.4. The molecule has 3 amide bonds. The van der Waals surface area contributed by atoms with Gasteiger partial charge in [-0.25, -0.2) is 4.98 Å². The molecule has 2 aliphatic rings. The average Bonchev–Trinajstić information content (AvgIpc) is 3.64. The first-order chi connectivity index (χ1) is 20.5. The third-order valence-electron chi connectivity index (χ3n) is 7.81. The van der Waals surface area contributed by atoms with Gasteiger partial charge in [-0.05, 0) is 50.6 Å². The van der Waals surface area contributed by atoms with E-state index in [1.165, 1.54) is 24.4 Å². The summed E-state index contributed by atoms with van der Waals surface area (Å²) in [6.45, 7) is 5.11. The van der Waals surface area contributed by atoms with E-state index < -0.39 is 17.8 Å². The maximum Gasteiger partial charge on any atom is 0.435 e. The topological polar surface area (TPSA) is 139 Å². The molecule has 2 saturated heterocycles. The van der Waals surface area contributed by atoms with Gasteiger partial charge in [-0.15, -0.1) is 0 Å². The van der Waals surface area contributed by atoms with Crippen molar-refractivity contribution in [1.29, 1.82) is 0 Å². The van der Waals surface area contributed by atoms with Gasteiger partial charge in [0.1, 0.15) is 0 Å². The fourth-order valence-electron chi connectivity index (χ4n) is 5.46. The van der Waals surface area contributed by atoms with Gasteiger partial charge in [0.25, 0.3) is 11.8 Å². The number of alkyl halides is 3. The number of aromatic amines is 2. The minimum Gasteiger partial charge on any atom is -0.339 e. The fourth-order valence-corrected chi connectivity index (χ4v) is 5.72. The van der Waals surface area contributed by atoms with Gasteiger partial charge in [0.2, 0.25) is 5.91 Å². The molecule has 2 fully saturated rings. The van der Waals surface area contributed by atoms with Crippen molar-refractivity contribution in [1.82, 2.24) is 35.3 Å². The molecule has 0 bridgehead atoms. The molecule has 43 heavy (non-hydrogen) atoms. The van der Waals surface area contributed by atoms with Crippen molar-refractivity contribution in [2.45, 2.75) is 38.8 Å². The number of rotatable bonds is 7. The number of benzene rings is 1. The predicted molar refractivity (Wildman–Crippen MR) is 152 cm³/mol. The van der Waals surface area contributed by atoms with Crippen molar-refractivity contribution in [3.05, 3.63) is 63.5 Å². The Morgan fingerprint density at radius 1 is 1.09 bits per heavy atom. The van der Waals surface area contributed by atoms with Crippen molar-refractivity contribution in [3.8, 4) is 0 Å². The van der Waals surface area contributed by atoms with Crippen LogP contribution in [0.5, 0.6) is 0 Å². The lowest BCUT2D eigenvalue weighted by Crippen LogP contribution is -2.52. The summed E-state index contributed by atoms with van der Waals surface area (Å²) in [4.78, 5) is 49.0. The van der Waals surface area contributed by atoms with E-state index >= 15 is 0 Å². The zero-order chi connectivity index (χ0) is 30.7. The number of piperazine rings is 1. The van der Waals surface area contributed by atoms with Crippen LogP contribution in [0.25, 0.3) is 0 Å². The second-order valence-electron chi connectivity index (χ2n) is 10.6. The number of imidazole rings is 1. The number of aromatic nitrogens is 4. The van der Waals surface area contributed by atoms with Crippen molar-refractivity contribution in [2.24, 2.45) is 5.92 Å². The molecular formula is C28H32ClF3N8O3. The Kier molecular flexibility index (Phi) is 9.06. The van der Waals surface area contributed by atoms with Crippen LogP contribution in [-0.2, 0) is 23.8 Å². The van der Waals surface area contributed by atoms with Gasteiger partial charge in [-0.3, -0.25) is 19.5 Å². The highest BCUT2D eigenvalue weighted by Crippen LogP contribution is 2.33. The molecule has 15 heteroatoms. The lowest BCUT2D eigenvalue weighted by Gasteiger charge is -2.37. The number of nitrogens with one attached hydrogen (secondary N) is 4. The maximum atomic E-state index is 13.4. The fraction of sp³-hybridized carbons (Fsp3) is 0.464. The minimum atomic E-state index is -4.62. The van der Waals surface area contributed by atoms with Gasteiger partial charge in [0.05, 0.1) is 10.6 Å². The van der Waals surface area contributed by atoms with Crippen LogP contribution < -0.4 is 10.6 Å². The number of carbonyl (C=O) groups excluding carboxylic acids is 3. The van der Waals surface area contributed by atoms with Crippen molar-refractivity contribution < 1.29 is 27.6 Å². The summed E-state index contributed by atoms with van der Waals surface area (Å²) in [6, 6.07) is 4.50. The molecule has 0 spiro atoms. The quantitative estimate of drug-likeness (QED) is 0.319. The second kappa shape index (κ2) is 12.8. The summed E-state index contributed by atoms with van der Waals surface area (Å²) in [5.41, 5.74) is 0.233. The Labute approximate surface area is 250 Å². The summed E-state index contributed by atoms with van der Waals surface area (Å²) in [5, 5.41) is 11.9. The first-order valence-corrected chi connectivity index (χ1v) is 14.5. The van der Waals surface area contributed by atoms with E-state index in [9.17, 15) is 27.6 Å². The number of aryl methyl sites for hydroxylation is 1. The molecule has 2 aliphatic heterocycles. The minimum absolute atomic E-state index is 0.00701. The highest BCUT2D eigenvalue weighted by Gasteiger charge is 2.38. The third-order valence-corrected chi connectivity index (χ3v) is 8.12. The Morgan fingerprint density at radius 3 is 2.44 bits per heavy atom. The predicted octanol–water partition coefficient (Wildman–Crippen LogP) is 3.49. The standard InChI is InChI=1S/C28H32ClF3N8O3/c1-2-22-20(23(38-37-22)28(30,31)32)13-18-15-34-24(35-18)25(41)36-17-3-4-19(21(29)14-17)27(43)40-11-9-39(10-12-40)26(42)16-5-7-33-8-6-16/h3-4,14-16,33H,2,5-13H2,1H3,(H,34,35)(H,36,41)(H,37,38). The van der Waals surface area contributed by atoms with Crippen molar-refractivity contribution in [2.75, 3.05) is 44.6 Å². The molecular weight excluding hydrogens is 589 g/mol. The number of amides is 3. The van der Waals surface area contributed by atoms with Crippen LogP contribution in [0.1, 0.15) is 63.4 Å². The summed E-state index contributed by atoms with van der Waals surface area (Å²) >= 11 is 6.42. The summed E-state index contributed by atoms with van der Waals surface area (Å²) in [5.74, 6) is -0.820. The highest BCUT2D eigenvalue weighted by molar-refractivity contribution is 6.34. The summed E-state index contributed by atoms with van der Waals surface area (Å²) in [6.07, 6.45) is -1.48. The average molecular weight is 621 g/mol. The molecule has 0 saturated carbocycles. The smallest absolute Gasteiger partial charge is 0.339 e. The number of hydrogen-bond acceptors (Lipinski definition) is 6. The number of halogens is 4. The lowest BCUT2D eigenvalue weighted by molar-refractivity contribution is -0.141. The number of piperidine rings is 1. The van der Waals surface area contributed by atoms with Gasteiger partial charge in [0, 0.05) is 67.4 Å². The molecule has 3 aromatic rings. The van der Waals surface area contributed by atoms with E-state index in [-0.39, 0.29) is 46.1 Å². The number of nitrogens with zero attached hydrogens (tertiary/aromatic N) is 4. The summed E-state index contributed by atoms with van der Waals surface area (Å²) in [7, 11) is 0. The molecule has 230 valence electrons. The van der Waals surface area contributed by atoms with Gasteiger partial charge in [-0.2, -0.15) is 18.3 Å². The number of hydrogen-bond donors (Lipinski definition) is 4. The molecule has 0 atom stereocenters. The van der Waals surface area contributed by atoms with Crippen LogP contribution >= 0.6 is 11.6 Å². The largest absolute Gasteiger partial charge is 0.435 e. The van der Waals surface area contributed by atoms with Crippen LogP contribution in [0.2, 0.25) is 5.02 Å². The number of H-pyrrole nitrogens is 2. The molecule has 0 radical (unpaired) electrons. The monoisotopic (exact) mass is 620 g/mol. The Hall–Kier alpha value is -3.91. The van der Waals surface area contributed by atoms with Gasteiger partial charge in [0.15, 0.2) is 11.5 Å². The first-order valence-electron chi connectivity index (χ1n) is 14.1. The highest BCUT2D eigenvalue weighted by atomic mass is 35.5. The van der Waals surface area contributed by atoms with E-state index in [4.69, 9.17) is 11.6 Å². The molecule has 1 aromatic carbocycles. The lowest BCUT2D eigenvalue weighted by atomic mass is 9.96. The number of anilines is 1. The molecule has 4 heterocycles. The second-order valence-corrected chi connectivity index (χ2v) is 11.0. The Balaban J connectivity index is 1.18. The SMILES string of the molecule is CCc1[nH]nc(C(F)(F)F)c1Cc1cnc(C(=O)Nc2ccc(C(=O)N3CCN(C(=O)C4CCNCC4)CC3)c(Cl)c2)[nH]1. The van der Waals surface area contributed by atoms with Crippen LogP contribution in [0.3, 0.4) is 0 Å². The molecule has 4 N–H and O–H groups in total. The Bertz CT molecular complexity index is 1490. The van der Waals surface area contributed by atoms with Crippen LogP contribution in [0.4, 0.5) is 18.9 Å². The third kappa shape index (κ3) is 6.85.